The van der Waals surface area contributed by atoms with Gasteiger partial charge < -0.3 is 14.4 Å². The van der Waals surface area contributed by atoms with Crippen LogP contribution in [0.2, 0.25) is 5.02 Å². The Hall–Kier alpha value is -2.71. The van der Waals surface area contributed by atoms with Gasteiger partial charge in [-0.25, -0.2) is 0 Å². The minimum atomic E-state index is 0.132. The number of halogens is 1. The molecule has 1 amide bonds. The molecule has 0 unspecified atom stereocenters. The van der Waals surface area contributed by atoms with Gasteiger partial charge in [0, 0.05) is 22.8 Å². The predicted octanol–water partition coefficient (Wildman–Crippen LogP) is 5.78. The average Bonchev–Trinajstić information content (AvgIpc) is 3.25. The molecule has 7 nitrogen and oxygen atoms in total. The maximum absolute atomic E-state index is 13.1. The monoisotopic (exact) mass is 514 g/mol. The standard InChI is InChI=1S/C26H31ClN4O3S/c1-4-33-22-12-14-23(15-13-22)34-16-24-28-29-26(31(24)21-10-8-20(27)9-11-21)35-17-25(32)30-18(2)6-5-7-19(30)3/h8-15,18-19H,4-7,16-17H2,1-3H3/t18-,19-/m1/s1. The fourth-order valence-electron chi connectivity index (χ4n) is 4.40. The van der Waals surface area contributed by atoms with Crippen molar-refractivity contribution in [3.8, 4) is 17.2 Å². The summed E-state index contributed by atoms with van der Waals surface area (Å²) >= 11 is 7.51. The van der Waals surface area contributed by atoms with E-state index in [4.69, 9.17) is 21.1 Å². The lowest BCUT2D eigenvalue weighted by Crippen LogP contribution is -2.48. The van der Waals surface area contributed by atoms with Crippen molar-refractivity contribution in [1.82, 2.24) is 19.7 Å². The number of hydrogen-bond donors (Lipinski definition) is 0. The molecule has 1 saturated heterocycles. The second-order valence-corrected chi connectivity index (χ2v) is 10.0. The van der Waals surface area contributed by atoms with Crippen molar-refractivity contribution in [2.75, 3.05) is 12.4 Å². The Morgan fingerprint density at radius 2 is 1.63 bits per heavy atom. The molecule has 1 fully saturated rings. The van der Waals surface area contributed by atoms with E-state index >= 15 is 0 Å². The molecule has 2 aromatic carbocycles. The largest absolute Gasteiger partial charge is 0.494 e. The van der Waals surface area contributed by atoms with Gasteiger partial charge in [-0.15, -0.1) is 10.2 Å². The molecule has 4 rings (SSSR count). The second-order valence-electron chi connectivity index (χ2n) is 8.62. The highest BCUT2D eigenvalue weighted by molar-refractivity contribution is 7.99. The molecule has 1 aliphatic heterocycles. The molecule has 0 spiro atoms. The molecule has 1 aliphatic rings. The van der Waals surface area contributed by atoms with Crippen LogP contribution in [0.15, 0.2) is 53.7 Å². The van der Waals surface area contributed by atoms with Crippen LogP contribution < -0.4 is 9.47 Å². The van der Waals surface area contributed by atoms with Crippen molar-refractivity contribution in [2.45, 2.75) is 63.9 Å². The molecule has 0 saturated carbocycles. The van der Waals surface area contributed by atoms with Gasteiger partial charge in [0.2, 0.25) is 5.91 Å². The number of aromatic nitrogens is 3. The van der Waals surface area contributed by atoms with E-state index in [-0.39, 0.29) is 24.6 Å². The van der Waals surface area contributed by atoms with Crippen LogP contribution in [0.25, 0.3) is 5.69 Å². The van der Waals surface area contributed by atoms with Crippen molar-refractivity contribution < 1.29 is 14.3 Å². The summed E-state index contributed by atoms with van der Waals surface area (Å²) in [5, 5.41) is 10.1. The summed E-state index contributed by atoms with van der Waals surface area (Å²) in [5.41, 5.74) is 0.861. The fourth-order valence-corrected chi connectivity index (χ4v) is 5.36. The maximum Gasteiger partial charge on any atom is 0.233 e. The van der Waals surface area contributed by atoms with E-state index in [1.807, 2.05) is 64.9 Å². The first-order chi connectivity index (χ1) is 17.0. The molecule has 0 aliphatic carbocycles. The number of likely N-dealkylation sites (tertiary alicyclic amines) is 1. The number of amides is 1. The Labute approximate surface area is 215 Å². The van der Waals surface area contributed by atoms with Crippen molar-refractivity contribution in [2.24, 2.45) is 0 Å². The topological polar surface area (TPSA) is 69.5 Å². The number of nitrogens with zero attached hydrogens (tertiary/aromatic N) is 4. The molecule has 1 aromatic heterocycles. The van der Waals surface area contributed by atoms with Gasteiger partial charge in [-0.2, -0.15) is 0 Å². The van der Waals surface area contributed by atoms with Crippen molar-refractivity contribution >= 4 is 29.3 Å². The molecule has 2 atom stereocenters. The van der Waals surface area contributed by atoms with E-state index in [2.05, 4.69) is 24.0 Å². The summed E-state index contributed by atoms with van der Waals surface area (Å²) in [7, 11) is 0. The van der Waals surface area contributed by atoms with E-state index in [1.165, 1.54) is 18.2 Å². The van der Waals surface area contributed by atoms with Gasteiger partial charge in [0.1, 0.15) is 18.1 Å². The van der Waals surface area contributed by atoms with Gasteiger partial charge in [0.25, 0.3) is 0 Å². The van der Waals surface area contributed by atoms with Gasteiger partial charge in [-0.1, -0.05) is 23.4 Å². The lowest BCUT2D eigenvalue weighted by molar-refractivity contribution is -0.134. The van der Waals surface area contributed by atoms with E-state index < -0.39 is 0 Å². The number of piperidine rings is 1. The third kappa shape index (κ3) is 6.30. The van der Waals surface area contributed by atoms with Gasteiger partial charge in [-0.3, -0.25) is 9.36 Å². The number of carbonyl (C=O) groups is 1. The smallest absolute Gasteiger partial charge is 0.233 e. The van der Waals surface area contributed by atoms with Crippen LogP contribution in [-0.2, 0) is 11.4 Å². The van der Waals surface area contributed by atoms with Crippen LogP contribution in [0.4, 0.5) is 0 Å². The Kier molecular flexibility index (Phi) is 8.57. The van der Waals surface area contributed by atoms with Crippen LogP contribution in [-0.4, -0.2) is 50.0 Å². The Morgan fingerprint density at radius 3 is 2.26 bits per heavy atom. The molecule has 3 aromatic rings. The fraction of sp³-hybridized carbons (Fsp3) is 0.423. The summed E-state index contributed by atoms with van der Waals surface area (Å²) in [6, 6.07) is 15.5. The molecule has 0 N–H and O–H groups in total. The van der Waals surface area contributed by atoms with Crippen LogP contribution in [0, 0.1) is 0 Å². The molecule has 0 bridgehead atoms. The predicted molar refractivity (Wildman–Crippen MR) is 139 cm³/mol. The van der Waals surface area contributed by atoms with Crippen molar-refractivity contribution in [1.29, 1.82) is 0 Å². The Balaban J connectivity index is 1.51. The number of carbonyl (C=O) groups excluding carboxylic acids is 1. The van der Waals surface area contributed by atoms with Crippen LogP contribution in [0.5, 0.6) is 11.5 Å². The molecule has 186 valence electrons. The number of hydrogen-bond acceptors (Lipinski definition) is 6. The average molecular weight is 515 g/mol. The third-order valence-electron chi connectivity index (χ3n) is 6.09. The zero-order valence-corrected chi connectivity index (χ0v) is 21.9. The van der Waals surface area contributed by atoms with Crippen molar-refractivity contribution in [3.63, 3.8) is 0 Å². The second kappa shape index (κ2) is 11.8. The minimum absolute atomic E-state index is 0.132. The summed E-state index contributed by atoms with van der Waals surface area (Å²) in [5.74, 6) is 2.57. The number of ether oxygens (including phenoxy) is 2. The van der Waals surface area contributed by atoms with Gasteiger partial charge in [0.05, 0.1) is 12.4 Å². The van der Waals surface area contributed by atoms with Crippen LogP contribution >= 0.6 is 23.4 Å². The van der Waals surface area contributed by atoms with Crippen molar-refractivity contribution in [3.05, 3.63) is 59.4 Å². The lowest BCUT2D eigenvalue weighted by Gasteiger charge is -2.39. The normalized spacial score (nSPS) is 17.9. The summed E-state index contributed by atoms with van der Waals surface area (Å²) in [6.45, 7) is 7.04. The number of rotatable bonds is 9. The maximum atomic E-state index is 13.1. The minimum Gasteiger partial charge on any atom is -0.494 e. The number of benzene rings is 2. The quantitative estimate of drug-likeness (QED) is 0.337. The first kappa shape index (κ1) is 25.4. The molecule has 35 heavy (non-hydrogen) atoms. The van der Waals surface area contributed by atoms with Gasteiger partial charge in [-0.05, 0) is 88.6 Å². The molecular formula is C26H31ClN4O3S. The summed E-state index contributed by atoms with van der Waals surface area (Å²) in [4.78, 5) is 15.1. The SMILES string of the molecule is CCOc1ccc(OCc2nnc(SCC(=O)N3[C@H](C)CCC[C@H]3C)n2-c2ccc(Cl)cc2)cc1. The summed E-state index contributed by atoms with van der Waals surface area (Å²) < 4.78 is 13.4. The highest BCUT2D eigenvalue weighted by atomic mass is 35.5. The Morgan fingerprint density at radius 1 is 1.00 bits per heavy atom. The molecular weight excluding hydrogens is 484 g/mol. The Bertz CT molecular complexity index is 1110. The van der Waals surface area contributed by atoms with E-state index in [0.717, 1.165) is 24.3 Å². The van der Waals surface area contributed by atoms with Gasteiger partial charge in [0.15, 0.2) is 11.0 Å². The molecule has 9 heteroatoms. The zero-order chi connectivity index (χ0) is 24.8. The zero-order valence-electron chi connectivity index (χ0n) is 20.3. The highest BCUT2D eigenvalue weighted by Gasteiger charge is 2.29. The van der Waals surface area contributed by atoms with E-state index in [9.17, 15) is 4.79 Å². The number of thioether (sulfide) groups is 1. The lowest BCUT2D eigenvalue weighted by atomic mass is 9.98. The first-order valence-electron chi connectivity index (χ1n) is 12.0. The molecule has 2 heterocycles. The molecule has 0 radical (unpaired) electrons. The summed E-state index contributed by atoms with van der Waals surface area (Å²) in [6.07, 6.45) is 3.27. The van der Waals surface area contributed by atoms with E-state index in [0.29, 0.717) is 34.1 Å². The van der Waals surface area contributed by atoms with Crippen LogP contribution in [0.1, 0.15) is 45.9 Å². The van der Waals surface area contributed by atoms with Gasteiger partial charge >= 0.3 is 0 Å². The van der Waals surface area contributed by atoms with E-state index in [1.54, 1.807) is 0 Å². The van der Waals surface area contributed by atoms with Crippen LogP contribution in [0.3, 0.4) is 0 Å². The third-order valence-corrected chi connectivity index (χ3v) is 7.26. The first-order valence-corrected chi connectivity index (χ1v) is 13.3. The highest BCUT2D eigenvalue weighted by Crippen LogP contribution is 2.28.